The molecule has 0 amide bonds. The van der Waals surface area contributed by atoms with E-state index in [4.69, 9.17) is 15.9 Å². The van der Waals surface area contributed by atoms with E-state index >= 15 is 0 Å². The van der Waals surface area contributed by atoms with Crippen LogP contribution in [0.25, 0.3) is 0 Å². The standard InChI is InChI=1S/C8H12N2O3/c9-6(4-12)8-7(13)2-1-5(3-11)10-8/h1-2,6,11-13H,3-4,9H2/t6-/m1/s1. The van der Waals surface area contributed by atoms with Crippen molar-refractivity contribution in [3.63, 3.8) is 0 Å². The molecule has 0 aromatic carbocycles. The van der Waals surface area contributed by atoms with Crippen LogP contribution in [-0.4, -0.2) is 26.9 Å². The summed E-state index contributed by atoms with van der Waals surface area (Å²) in [7, 11) is 0. The summed E-state index contributed by atoms with van der Waals surface area (Å²) in [6.45, 7) is -0.513. The summed E-state index contributed by atoms with van der Waals surface area (Å²) in [6, 6.07) is 2.17. The maximum atomic E-state index is 9.30. The summed E-state index contributed by atoms with van der Waals surface area (Å²) in [6.07, 6.45) is 0. The van der Waals surface area contributed by atoms with E-state index in [-0.39, 0.29) is 24.7 Å². The molecule has 1 heterocycles. The van der Waals surface area contributed by atoms with Crippen molar-refractivity contribution < 1.29 is 15.3 Å². The lowest BCUT2D eigenvalue weighted by Gasteiger charge is -2.10. The largest absolute Gasteiger partial charge is 0.506 e. The number of aliphatic hydroxyl groups is 2. The summed E-state index contributed by atoms with van der Waals surface area (Å²) < 4.78 is 0. The van der Waals surface area contributed by atoms with E-state index < -0.39 is 6.04 Å². The van der Waals surface area contributed by atoms with Crippen LogP contribution in [0.3, 0.4) is 0 Å². The van der Waals surface area contributed by atoms with Crippen LogP contribution in [0.4, 0.5) is 0 Å². The van der Waals surface area contributed by atoms with Gasteiger partial charge in [-0.2, -0.15) is 0 Å². The van der Waals surface area contributed by atoms with Crippen molar-refractivity contribution in [2.24, 2.45) is 5.73 Å². The summed E-state index contributed by atoms with van der Waals surface area (Å²) in [4.78, 5) is 3.88. The lowest BCUT2D eigenvalue weighted by atomic mass is 10.2. The fourth-order valence-electron chi connectivity index (χ4n) is 0.957. The molecule has 5 N–H and O–H groups in total. The Kier molecular flexibility index (Phi) is 3.18. The Bertz CT molecular complexity index is 291. The van der Waals surface area contributed by atoms with E-state index in [0.717, 1.165) is 0 Å². The van der Waals surface area contributed by atoms with Crippen LogP contribution in [0.2, 0.25) is 0 Å². The van der Waals surface area contributed by atoms with E-state index in [1.165, 1.54) is 12.1 Å². The first kappa shape index (κ1) is 9.91. The van der Waals surface area contributed by atoms with Crippen molar-refractivity contribution in [2.45, 2.75) is 12.6 Å². The third-order valence-electron chi connectivity index (χ3n) is 1.67. The Hall–Kier alpha value is -1.17. The Labute approximate surface area is 75.5 Å². The normalized spacial score (nSPS) is 12.8. The molecule has 0 spiro atoms. The zero-order valence-electron chi connectivity index (χ0n) is 7.01. The highest BCUT2D eigenvalue weighted by molar-refractivity contribution is 5.30. The fraction of sp³-hybridized carbons (Fsp3) is 0.375. The zero-order valence-corrected chi connectivity index (χ0v) is 7.01. The molecule has 0 unspecified atom stereocenters. The van der Waals surface area contributed by atoms with E-state index in [1.54, 1.807) is 0 Å². The Morgan fingerprint density at radius 1 is 1.38 bits per heavy atom. The van der Waals surface area contributed by atoms with Gasteiger partial charge >= 0.3 is 0 Å². The molecular formula is C8H12N2O3. The van der Waals surface area contributed by atoms with Gasteiger partial charge in [-0.05, 0) is 12.1 Å². The van der Waals surface area contributed by atoms with Gasteiger partial charge in [0.1, 0.15) is 11.4 Å². The third-order valence-corrected chi connectivity index (χ3v) is 1.67. The highest BCUT2D eigenvalue weighted by atomic mass is 16.3. The number of rotatable bonds is 3. The third kappa shape index (κ3) is 2.15. The lowest BCUT2D eigenvalue weighted by Crippen LogP contribution is -2.16. The molecule has 1 aromatic rings. The topological polar surface area (TPSA) is 99.6 Å². The van der Waals surface area contributed by atoms with Gasteiger partial charge in [0.05, 0.1) is 24.9 Å². The van der Waals surface area contributed by atoms with Crippen molar-refractivity contribution in [2.75, 3.05) is 6.61 Å². The van der Waals surface area contributed by atoms with Gasteiger partial charge in [0.2, 0.25) is 0 Å². The summed E-state index contributed by atoms with van der Waals surface area (Å²) in [5.74, 6) is -0.0706. The van der Waals surface area contributed by atoms with E-state index in [9.17, 15) is 5.11 Å². The fourth-order valence-corrected chi connectivity index (χ4v) is 0.957. The minimum atomic E-state index is -0.716. The minimum Gasteiger partial charge on any atom is -0.506 e. The summed E-state index contributed by atoms with van der Waals surface area (Å²) >= 11 is 0. The van der Waals surface area contributed by atoms with Gasteiger partial charge in [0, 0.05) is 0 Å². The lowest BCUT2D eigenvalue weighted by molar-refractivity contribution is 0.258. The first-order valence-electron chi connectivity index (χ1n) is 3.85. The molecule has 1 aromatic heterocycles. The summed E-state index contributed by atoms with van der Waals surface area (Å²) in [5, 5.41) is 26.8. The molecule has 0 fully saturated rings. The molecule has 5 nitrogen and oxygen atoms in total. The van der Waals surface area contributed by atoms with Crippen molar-refractivity contribution in [1.29, 1.82) is 0 Å². The van der Waals surface area contributed by atoms with Gasteiger partial charge in [0.15, 0.2) is 0 Å². The van der Waals surface area contributed by atoms with E-state index in [1.807, 2.05) is 0 Å². The molecule has 72 valence electrons. The van der Waals surface area contributed by atoms with Gasteiger partial charge in [-0.3, -0.25) is 0 Å². The van der Waals surface area contributed by atoms with Crippen molar-refractivity contribution in [3.8, 4) is 5.75 Å². The van der Waals surface area contributed by atoms with Crippen LogP contribution in [0, 0.1) is 0 Å². The SMILES string of the molecule is N[C@H](CO)c1nc(CO)ccc1O. The maximum absolute atomic E-state index is 9.30. The van der Waals surface area contributed by atoms with E-state index in [2.05, 4.69) is 4.98 Å². The Morgan fingerprint density at radius 3 is 2.62 bits per heavy atom. The maximum Gasteiger partial charge on any atom is 0.138 e. The number of aromatic hydroxyl groups is 1. The van der Waals surface area contributed by atoms with Crippen LogP contribution in [0.15, 0.2) is 12.1 Å². The summed E-state index contributed by atoms with van der Waals surface area (Å²) in [5.41, 5.74) is 6.08. The second-order valence-electron chi connectivity index (χ2n) is 2.65. The monoisotopic (exact) mass is 184 g/mol. The molecule has 5 heteroatoms. The molecule has 13 heavy (non-hydrogen) atoms. The number of nitrogens with zero attached hydrogens (tertiary/aromatic N) is 1. The molecule has 1 atom stereocenters. The molecule has 0 aliphatic carbocycles. The van der Waals surface area contributed by atoms with Gasteiger partial charge in [-0.15, -0.1) is 0 Å². The van der Waals surface area contributed by atoms with Gasteiger partial charge in [-0.1, -0.05) is 0 Å². The molecule has 0 aliphatic heterocycles. The van der Waals surface area contributed by atoms with Crippen LogP contribution < -0.4 is 5.73 Å². The average molecular weight is 184 g/mol. The molecule has 0 saturated heterocycles. The van der Waals surface area contributed by atoms with Gasteiger partial charge in [-0.25, -0.2) is 4.98 Å². The van der Waals surface area contributed by atoms with Crippen LogP contribution in [0.1, 0.15) is 17.4 Å². The number of aromatic nitrogens is 1. The van der Waals surface area contributed by atoms with Crippen LogP contribution in [0.5, 0.6) is 5.75 Å². The van der Waals surface area contributed by atoms with Gasteiger partial charge < -0.3 is 21.1 Å². The van der Waals surface area contributed by atoms with Crippen LogP contribution >= 0.6 is 0 Å². The quantitative estimate of drug-likeness (QED) is 0.496. The minimum absolute atomic E-state index is 0.0706. The van der Waals surface area contributed by atoms with Crippen molar-refractivity contribution in [1.82, 2.24) is 4.98 Å². The number of aliphatic hydroxyl groups excluding tert-OH is 2. The molecule has 0 radical (unpaired) electrons. The molecule has 0 aliphatic rings. The zero-order chi connectivity index (χ0) is 9.84. The Balaban J connectivity index is 3.03. The smallest absolute Gasteiger partial charge is 0.138 e. The van der Waals surface area contributed by atoms with Gasteiger partial charge in [0.25, 0.3) is 0 Å². The van der Waals surface area contributed by atoms with Crippen LogP contribution in [-0.2, 0) is 6.61 Å². The second kappa shape index (κ2) is 4.18. The number of nitrogens with two attached hydrogens (primary N) is 1. The van der Waals surface area contributed by atoms with E-state index in [0.29, 0.717) is 5.69 Å². The van der Waals surface area contributed by atoms with Crippen molar-refractivity contribution in [3.05, 3.63) is 23.5 Å². The number of pyridine rings is 1. The van der Waals surface area contributed by atoms with Crippen molar-refractivity contribution >= 4 is 0 Å². The first-order valence-corrected chi connectivity index (χ1v) is 3.85. The molecule has 0 saturated carbocycles. The average Bonchev–Trinajstić information content (AvgIpc) is 2.17. The highest BCUT2D eigenvalue weighted by Gasteiger charge is 2.11. The second-order valence-corrected chi connectivity index (χ2v) is 2.65. The molecular weight excluding hydrogens is 172 g/mol. The number of hydrogen-bond donors (Lipinski definition) is 4. The highest BCUT2D eigenvalue weighted by Crippen LogP contribution is 2.20. The molecule has 0 bridgehead atoms. The number of hydrogen-bond acceptors (Lipinski definition) is 5. The Morgan fingerprint density at radius 2 is 2.08 bits per heavy atom. The predicted molar refractivity (Wildman–Crippen MR) is 45.8 cm³/mol. The first-order chi connectivity index (χ1) is 6.19. The molecule has 1 rings (SSSR count). The predicted octanol–water partition coefficient (Wildman–Crippen LogP) is -0.728.